The van der Waals surface area contributed by atoms with Gasteiger partial charge in [-0.25, -0.2) is 0 Å². The van der Waals surface area contributed by atoms with Gasteiger partial charge in [0.25, 0.3) is 0 Å². The van der Waals surface area contributed by atoms with Gasteiger partial charge >= 0.3 is 0 Å². The summed E-state index contributed by atoms with van der Waals surface area (Å²) >= 11 is 0. The highest BCUT2D eigenvalue weighted by Crippen LogP contribution is 2.70. The zero-order chi connectivity index (χ0) is 23.9. The maximum absolute atomic E-state index is 15.3. The van der Waals surface area contributed by atoms with Crippen LogP contribution in [0.4, 0.5) is 0 Å². The fourth-order valence-corrected chi connectivity index (χ4v) is 13.0. The van der Waals surface area contributed by atoms with E-state index in [1.54, 1.807) is 0 Å². The summed E-state index contributed by atoms with van der Waals surface area (Å²) < 4.78 is 15.3. The molecule has 3 rings (SSSR count). The van der Waals surface area contributed by atoms with Crippen LogP contribution >= 0.6 is 7.14 Å². The molecule has 0 aromatic carbocycles. The third kappa shape index (κ3) is 5.89. The SMILES string of the molecule is CC(C)(C)C1CCC(P(=O)(C2CCC(C(C)(C)C)CC2)C2CCC(C(C)(C)C)CC2)CC1. The van der Waals surface area contributed by atoms with Crippen molar-refractivity contribution < 1.29 is 4.57 Å². The van der Waals surface area contributed by atoms with Gasteiger partial charge in [-0.1, -0.05) is 62.3 Å². The van der Waals surface area contributed by atoms with Gasteiger partial charge in [0.2, 0.25) is 0 Å². The molecule has 0 amide bonds. The van der Waals surface area contributed by atoms with Gasteiger partial charge in [-0.3, -0.25) is 0 Å². The molecule has 3 saturated carbocycles. The van der Waals surface area contributed by atoms with Crippen molar-refractivity contribution in [1.29, 1.82) is 0 Å². The van der Waals surface area contributed by atoms with Gasteiger partial charge in [0, 0.05) is 17.0 Å². The third-order valence-electron chi connectivity index (χ3n) is 10.5. The lowest BCUT2D eigenvalue weighted by molar-refractivity contribution is 0.168. The van der Waals surface area contributed by atoms with E-state index in [0.29, 0.717) is 33.2 Å². The van der Waals surface area contributed by atoms with Crippen molar-refractivity contribution >= 4 is 7.14 Å². The summed E-state index contributed by atoms with van der Waals surface area (Å²) in [5.41, 5.74) is 2.83. The molecular formula is C30H57OP. The summed E-state index contributed by atoms with van der Waals surface area (Å²) in [6.45, 7) is 21.7. The zero-order valence-electron chi connectivity index (χ0n) is 23.3. The van der Waals surface area contributed by atoms with Crippen LogP contribution in [0.25, 0.3) is 0 Å². The van der Waals surface area contributed by atoms with Gasteiger partial charge in [-0.2, -0.15) is 0 Å². The minimum atomic E-state index is -2.18. The molecule has 0 bridgehead atoms. The molecule has 0 aromatic heterocycles. The average molecular weight is 465 g/mol. The number of hydrogen-bond acceptors (Lipinski definition) is 1. The van der Waals surface area contributed by atoms with Gasteiger partial charge in [0.05, 0.1) is 7.14 Å². The molecule has 0 aromatic rings. The standard InChI is InChI=1S/C30H57OP/c1-28(2,3)22-10-16-25(17-11-22)32(31,26-18-12-23(13-19-26)29(4,5)6)27-20-14-24(15-21-27)30(7,8)9/h22-27H,10-21H2,1-9H3. The van der Waals surface area contributed by atoms with Crippen LogP contribution in [0.5, 0.6) is 0 Å². The minimum absolute atomic E-state index is 0.407. The van der Waals surface area contributed by atoms with Gasteiger partial charge in [-0.15, -0.1) is 0 Å². The Morgan fingerprint density at radius 1 is 0.406 bits per heavy atom. The van der Waals surface area contributed by atoms with Crippen molar-refractivity contribution in [3.8, 4) is 0 Å². The topological polar surface area (TPSA) is 17.1 Å². The molecule has 0 saturated heterocycles. The summed E-state index contributed by atoms with van der Waals surface area (Å²) in [5.74, 6) is 2.46. The molecule has 0 aliphatic heterocycles. The summed E-state index contributed by atoms with van der Waals surface area (Å²) in [4.78, 5) is 0. The van der Waals surface area contributed by atoms with E-state index in [9.17, 15) is 0 Å². The Labute approximate surface area is 202 Å². The molecule has 0 N–H and O–H groups in total. The van der Waals surface area contributed by atoms with Crippen LogP contribution in [0, 0.1) is 34.0 Å². The highest BCUT2D eigenvalue weighted by atomic mass is 31.2. The van der Waals surface area contributed by atoms with Crippen LogP contribution in [0.2, 0.25) is 0 Å². The van der Waals surface area contributed by atoms with E-state index in [-0.39, 0.29) is 0 Å². The Bertz CT molecular complexity index is 543. The fraction of sp³-hybridized carbons (Fsp3) is 1.00. The molecule has 0 radical (unpaired) electrons. The first-order valence-electron chi connectivity index (χ1n) is 14.2. The molecule has 0 heterocycles. The molecule has 0 spiro atoms. The second-order valence-electron chi connectivity index (χ2n) is 15.4. The molecule has 1 nitrogen and oxygen atoms in total. The lowest BCUT2D eigenvalue weighted by Gasteiger charge is -2.49. The Morgan fingerprint density at radius 3 is 0.750 bits per heavy atom. The molecule has 0 unspecified atom stereocenters. The smallest absolute Gasteiger partial charge is 0.0965 e. The lowest BCUT2D eigenvalue weighted by Crippen LogP contribution is -2.38. The van der Waals surface area contributed by atoms with Crippen LogP contribution in [-0.4, -0.2) is 17.0 Å². The van der Waals surface area contributed by atoms with Crippen LogP contribution < -0.4 is 0 Å². The summed E-state index contributed by atoms with van der Waals surface area (Å²) in [7, 11) is -2.18. The second-order valence-corrected chi connectivity index (χ2v) is 19.1. The van der Waals surface area contributed by atoms with Crippen molar-refractivity contribution in [2.75, 3.05) is 0 Å². The number of hydrogen-bond donors (Lipinski definition) is 0. The normalized spacial score (nSPS) is 37.7. The van der Waals surface area contributed by atoms with Gasteiger partial charge in [0.1, 0.15) is 0 Å². The Hall–Kier alpha value is 0.230. The Morgan fingerprint density at radius 2 is 0.594 bits per heavy atom. The van der Waals surface area contributed by atoms with Crippen molar-refractivity contribution in [1.82, 2.24) is 0 Å². The van der Waals surface area contributed by atoms with Crippen molar-refractivity contribution in [3.05, 3.63) is 0 Å². The van der Waals surface area contributed by atoms with E-state index < -0.39 is 7.14 Å². The summed E-state index contributed by atoms with van der Waals surface area (Å²) in [6.07, 6.45) is 15.4. The van der Waals surface area contributed by atoms with Crippen molar-refractivity contribution in [2.24, 2.45) is 34.0 Å². The molecule has 3 fully saturated rings. The monoisotopic (exact) mass is 464 g/mol. The lowest BCUT2D eigenvalue weighted by atomic mass is 9.72. The van der Waals surface area contributed by atoms with Gasteiger partial charge in [-0.05, 0) is 111 Å². The maximum atomic E-state index is 15.3. The molecule has 188 valence electrons. The largest absolute Gasteiger partial charge is 0.323 e. The highest BCUT2D eigenvalue weighted by Gasteiger charge is 2.50. The average Bonchev–Trinajstić information content (AvgIpc) is 2.71. The molecule has 32 heavy (non-hydrogen) atoms. The summed E-state index contributed by atoms with van der Waals surface area (Å²) in [5, 5.41) is 0. The van der Waals surface area contributed by atoms with Crippen molar-refractivity contribution in [2.45, 2.75) is 156 Å². The zero-order valence-corrected chi connectivity index (χ0v) is 24.2. The minimum Gasteiger partial charge on any atom is -0.323 e. The van der Waals surface area contributed by atoms with E-state index in [4.69, 9.17) is 0 Å². The highest BCUT2D eigenvalue weighted by molar-refractivity contribution is 7.66. The van der Waals surface area contributed by atoms with Gasteiger partial charge in [0.15, 0.2) is 0 Å². The maximum Gasteiger partial charge on any atom is 0.0965 e. The summed E-state index contributed by atoms with van der Waals surface area (Å²) in [6, 6.07) is 0. The van der Waals surface area contributed by atoms with E-state index in [0.717, 1.165) is 17.8 Å². The van der Waals surface area contributed by atoms with E-state index >= 15 is 4.57 Å². The Balaban J connectivity index is 1.77. The van der Waals surface area contributed by atoms with Crippen LogP contribution in [0.3, 0.4) is 0 Å². The molecule has 3 aliphatic rings. The van der Waals surface area contributed by atoms with E-state index in [1.807, 2.05) is 0 Å². The molecule has 2 heteroatoms. The first kappa shape index (κ1) is 26.8. The first-order valence-corrected chi connectivity index (χ1v) is 16.1. The van der Waals surface area contributed by atoms with E-state index in [2.05, 4.69) is 62.3 Å². The Kier molecular flexibility index (Phi) is 8.14. The number of rotatable bonds is 3. The first-order chi connectivity index (χ1) is 14.6. The molecule has 0 atom stereocenters. The van der Waals surface area contributed by atoms with Gasteiger partial charge < -0.3 is 4.57 Å². The predicted octanol–water partition coefficient (Wildman–Crippen LogP) is 10.2. The quantitative estimate of drug-likeness (QED) is 0.380. The van der Waals surface area contributed by atoms with Crippen LogP contribution in [-0.2, 0) is 4.57 Å². The van der Waals surface area contributed by atoms with Crippen LogP contribution in [0.15, 0.2) is 0 Å². The molecule has 3 aliphatic carbocycles. The fourth-order valence-electron chi connectivity index (χ4n) is 7.93. The third-order valence-corrected chi connectivity index (χ3v) is 15.4. The van der Waals surface area contributed by atoms with Crippen molar-refractivity contribution in [3.63, 3.8) is 0 Å². The molecular weight excluding hydrogens is 407 g/mol. The predicted molar refractivity (Wildman–Crippen MR) is 143 cm³/mol. The van der Waals surface area contributed by atoms with Crippen LogP contribution in [0.1, 0.15) is 139 Å². The second kappa shape index (κ2) is 9.70. The van der Waals surface area contributed by atoms with E-state index in [1.165, 1.54) is 77.0 Å².